The Balaban J connectivity index is 1.88. The molecule has 2 heterocycles. The summed E-state index contributed by atoms with van der Waals surface area (Å²) >= 11 is 3.48. The zero-order chi connectivity index (χ0) is 12.5. The third-order valence-electron chi connectivity index (χ3n) is 3.00. The lowest BCUT2D eigenvalue weighted by Crippen LogP contribution is -2.12. The van der Waals surface area contributed by atoms with E-state index >= 15 is 0 Å². The van der Waals surface area contributed by atoms with E-state index in [1.54, 1.807) is 22.7 Å². The summed E-state index contributed by atoms with van der Waals surface area (Å²) in [6, 6.07) is 10.3. The van der Waals surface area contributed by atoms with Crippen molar-refractivity contribution in [1.82, 2.24) is 4.98 Å². The van der Waals surface area contributed by atoms with E-state index in [9.17, 15) is 0 Å². The van der Waals surface area contributed by atoms with Crippen molar-refractivity contribution < 1.29 is 0 Å². The van der Waals surface area contributed by atoms with Crippen molar-refractivity contribution in [1.29, 1.82) is 0 Å². The number of nitrogens with zero attached hydrogens (tertiary/aromatic N) is 1. The van der Waals surface area contributed by atoms with Crippen LogP contribution >= 0.6 is 22.7 Å². The van der Waals surface area contributed by atoms with Crippen LogP contribution in [0.15, 0.2) is 35.7 Å². The Labute approximate surface area is 114 Å². The van der Waals surface area contributed by atoms with Crippen LogP contribution in [0.4, 0.5) is 0 Å². The second kappa shape index (κ2) is 4.80. The Morgan fingerprint density at radius 2 is 2.11 bits per heavy atom. The average molecular weight is 274 g/mol. The van der Waals surface area contributed by atoms with Gasteiger partial charge in [0.25, 0.3) is 0 Å². The lowest BCUT2D eigenvalue weighted by Gasteiger charge is -2.07. The van der Waals surface area contributed by atoms with Gasteiger partial charge in [-0.1, -0.05) is 12.1 Å². The SMILES string of the molecule is Cc1ccsc1CC(N)c1nc2ccccc2s1. The van der Waals surface area contributed by atoms with Crippen LogP contribution < -0.4 is 5.73 Å². The second-order valence-electron chi connectivity index (χ2n) is 4.36. The Morgan fingerprint density at radius 3 is 2.83 bits per heavy atom. The maximum atomic E-state index is 6.27. The Hall–Kier alpha value is -1.23. The molecular formula is C14H14N2S2. The van der Waals surface area contributed by atoms with Crippen molar-refractivity contribution >= 4 is 32.9 Å². The van der Waals surface area contributed by atoms with Crippen molar-refractivity contribution in [3.05, 3.63) is 51.2 Å². The van der Waals surface area contributed by atoms with Crippen LogP contribution in [-0.4, -0.2) is 4.98 Å². The number of aryl methyl sites for hydroxylation is 1. The van der Waals surface area contributed by atoms with Gasteiger partial charge in [0.1, 0.15) is 5.01 Å². The Bertz CT molecular complexity index is 636. The van der Waals surface area contributed by atoms with Crippen LogP contribution in [0.5, 0.6) is 0 Å². The summed E-state index contributed by atoms with van der Waals surface area (Å²) in [5, 5.41) is 3.15. The van der Waals surface area contributed by atoms with Gasteiger partial charge in [-0.2, -0.15) is 0 Å². The highest BCUT2D eigenvalue weighted by Crippen LogP contribution is 2.28. The molecule has 0 radical (unpaired) electrons. The predicted molar refractivity (Wildman–Crippen MR) is 79.3 cm³/mol. The fourth-order valence-corrected chi connectivity index (χ4v) is 3.88. The number of fused-ring (bicyclic) bond motifs is 1. The molecule has 3 aromatic rings. The number of aromatic nitrogens is 1. The van der Waals surface area contributed by atoms with E-state index in [2.05, 4.69) is 29.4 Å². The number of benzene rings is 1. The molecule has 3 rings (SSSR count). The van der Waals surface area contributed by atoms with Gasteiger partial charge in [-0.3, -0.25) is 0 Å². The predicted octanol–water partition coefficient (Wildman–Crippen LogP) is 3.91. The maximum Gasteiger partial charge on any atom is 0.111 e. The normalized spacial score (nSPS) is 13.0. The smallest absolute Gasteiger partial charge is 0.111 e. The molecule has 4 heteroatoms. The molecule has 0 amide bonds. The highest BCUT2D eigenvalue weighted by atomic mass is 32.1. The van der Waals surface area contributed by atoms with Gasteiger partial charge >= 0.3 is 0 Å². The summed E-state index contributed by atoms with van der Waals surface area (Å²) in [6.45, 7) is 2.14. The number of thiophene rings is 1. The minimum atomic E-state index is -0.000231. The van der Waals surface area contributed by atoms with Gasteiger partial charge < -0.3 is 5.73 Å². The molecule has 1 unspecified atom stereocenters. The Morgan fingerprint density at radius 1 is 1.28 bits per heavy atom. The van der Waals surface area contributed by atoms with Crippen LogP contribution in [0.25, 0.3) is 10.2 Å². The first-order valence-corrected chi connectivity index (χ1v) is 7.57. The van der Waals surface area contributed by atoms with E-state index in [1.807, 2.05) is 18.2 Å². The topological polar surface area (TPSA) is 38.9 Å². The lowest BCUT2D eigenvalue weighted by molar-refractivity contribution is 0.723. The molecule has 2 N–H and O–H groups in total. The number of para-hydroxylation sites is 1. The Kier molecular flexibility index (Phi) is 3.16. The summed E-state index contributed by atoms with van der Waals surface area (Å²) in [5.74, 6) is 0. The number of thiazole rings is 1. The van der Waals surface area contributed by atoms with Crippen LogP contribution in [0.1, 0.15) is 21.5 Å². The van der Waals surface area contributed by atoms with Crippen LogP contribution in [0.2, 0.25) is 0 Å². The quantitative estimate of drug-likeness (QED) is 0.786. The zero-order valence-corrected chi connectivity index (χ0v) is 11.7. The summed E-state index contributed by atoms with van der Waals surface area (Å²) in [7, 11) is 0. The number of hydrogen-bond donors (Lipinski definition) is 1. The van der Waals surface area contributed by atoms with Gasteiger partial charge in [0.15, 0.2) is 0 Å². The molecule has 0 spiro atoms. The minimum Gasteiger partial charge on any atom is -0.322 e. The summed E-state index contributed by atoms with van der Waals surface area (Å²) < 4.78 is 1.21. The van der Waals surface area contributed by atoms with Gasteiger partial charge in [0.2, 0.25) is 0 Å². The van der Waals surface area contributed by atoms with E-state index in [-0.39, 0.29) is 6.04 Å². The molecular weight excluding hydrogens is 260 g/mol. The van der Waals surface area contributed by atoms with E-state index in [4.69, 9.17) is 5.73 Å². The van der Waals surface area contributed by atoms with E-state index in [0.29, 0.717) is 0 Å². The molecule has 0 bridgehead atoms. The number of hydrogen-bond acceptors (Lipinski definition) is 4. The first-order valence-electron chi connectivity index (χ1n) is 5.88. The highest BCUT2D eigenvalue weighted by Gasteiger charge is 2.14. The molecule has 0 saturated heterocycles. The molecule has 0 saturated carbocycles. The van der Waals surface area contributed by atoms with Crippen LogP contribution in [0.3, 0.4) is 0 Å². The largest absolute Gasteiger partial charge is 0.322 e. The molecule has 2 nitrogen and oxygen atoms in total. The monoisotopic (exact) mass is 274 g/mol. The molecule has 0 aliphatic carbocycles. The van der Waals surface area contributed by atoms with Gasteiger partial charge in [0.05, 0.1) is 16.3 Å². The van der Waals surface area contributed by atoms with Gasteiger partial charge in [0, 0.05) is 11.3 Å². The molecule has 2 aromatic heterocycles. The summed E-state index contributed by atoms with van der Waals surface area (Å²) in [4.78, 5) is 5.98. The molecule has 92 valence electrons. The van der Waals surface area contributed by atoms with Crippen LogP contribution in [0, 0.1) is 6.92 Å². The molecule has 1 aromatic carbocycles. The fraction of sp³-hybridized carbons (Fsp3) is 0.214. The summed E-state index contributed by atoms with van der Waals surface area (Å²) in [5.41, 5.74) is 8.66. The lowest BCUT2D eigenvalue weighted by atomic mass is 10.1. The third-order valence-corrected chi connectivity index (χ3v) is 5.21. The zero-order valence-electron chi connectivity index (χ0n) is 10.1. The van der Waals surface area contributed by atoms with Crippen molar-refractivity contribution in [3.8, 4) is 0 Å². The van der Waals surface area contributed by atoms with E-state index in [0.717, 1.165) is 16.9 Å². The molecule has 1 atom stereocenters. The fourth-order valence-electron chi connectivity index (χ4n) is 1.95. The van der Waals surface area contributed by atoms with Crippen molar-refractivity contribution in [2.45, 2.75) is 19.4 Å². The second-order valence-corrected chi connectivity index (χ2v) is 6.42. The minimum absolute atomic E-state index is 0.000231. The molecule has 0 aliphatic rings. The van der Waals surface area contributed by atoms with Crippen molar-refractivity contribution in [2.24, 2.45) is 5.73 Å². The van der Waals surface area contributed by atoms with Crippen molar-refractivity contribution in [3.63, 3.8) is 0 Å². The molecule has 0 fully saturated rings. The van der Waals surface area contributed by atoms with Gasteiger partial charge in [-0.15, -0.1) is 22.7 Å². The van der Waals surface area contributed by atoms with Gasteiger partial charge in [-0.25, -0.2) is 4.98 Å². The number of nitrogens with two attached hydrogens (primary N) is 1. The van der Waals surface area contributed by atoms with Crippen molar-refractivity contribution in [2.75, 3.05) is 0 Å². The van der Waals surface area contributed by atoms with Gasteiger partial charge in [-0.05, 0) is 36.1 Å². The summed E-state index contributed by atoms with van der Waals surface area (Å²) in [6.07, 6.45) is 0.878. The molecule has 18 heavy (non-hydrogen) atoms. The van der Waals surface area contributed by atoms with E-state index < -0.39 is 0 Å². The first-order chi connectivity index (χ1) is 8.74. The number of rotatable bonds is 3. The standard InChI is InChI=1S/C14H14N2S2/c1-9-6-7-17-13(9)8-10(15)14-16-11-4-2-3-5-12(11)18-14/h2-7,10H,8,15H2,1H3. The maximum absolute atomic E-state index is 6.27. The molecule has 0 aliphatic heterocycles. The van der Waals surface area contributed by atoms with Crippen LogP contribution in [-0.2, 0) is 6.42 Å². The first kappa shape index (κ1) is 11.8. The van der Waals surface area contributed by atoms with E-state index in [1.165, 1.54) is 15.1 Å². The third kappa shape index (κ3) is 2.19. The average Bonchev–Trinajstić information content (AvgIpc) is 2.96. The highest BCUT2D eigenvalue weighted by molar-refractivity contribution is 7.18.